The van der Waals surface area contributed by atoms with Crippen LogP contribution in [-0.4, -0.2) is 31.8 Å². The summed E-state index contributed by atoms with van der Waals surface area (Å²) in [5.74, 6) is 2.74. The number of methoxy groups -OCH3 is 1. The van der Waals surface area contributed by atoms with Crippen LogP contribution in [0, 0.1) is 0 Å². The Kier molecular flexibility index (Phi) is 4.41. The number of hydrogen-bond acceptors (Lipinski definition) is 3. The summed E-state index contributed by atoms with van der Waals surface area (Å²) in [7, 11) is 1.71. The van der Waals surface area contributed by atoms with Crippen LogP contribution in [0.4, 0.5) is 0 Å². The van der Waals surface area contributed by atoms with Gasteiger partial charge < -0.3 is 20.1 Å². The summed E-state index contributed by atoms with van der Waals surface area (Å²) in [6, 6.07) is 4.75. The monoisotopic (exact) mass is 303 g/mol. The molecule has 0 amide bonds. The molecule has 0 radical (unpaired) electrons. The van der Waals surface area contributed by atoms with Crippen molar-refractivity contribution in [3.63, 3.8) is 0 Å². The molecule has 1 heterocycles. The highest BCUT2D eigenvalue weighted by Crippen LogP contribution is 2.35. The van der Waals surface area contributed by atoms with Gasteiger partial charge in [0.15, 0.2) is 5.96 Å². The third-order valence-electron chi connectivity index (χ3n) is 3.97. The van der Waals surface area contributed by atoms with Crippen LogP contribution in [0.25, 0.3) is 0 Å². The van der Waals surface area contributed by atoms with Crippen molar-refractivity contribution in [2.24, 2.45) is 4.99 Å². The number of nitrogens with zero attached hydrogens (tertiary/aromatic N) is 1. The van der Waals surface area contributed by atoms with Crippen LogP contribution in [0.5, 0.6) is 11.5 Å². The number of rotatable bonds is 5. The first-order valence-corrected chi connectivity index (χ1v) is 8.11. The van der Waals surface area contributed by atoms with E-state index in [1.807, 2.05) is 0 Å². The molecule has 1 aromatic rings. The van der Waals surface area contributed by atoms with Crippen molar-refractivity contribution in [1.82, 2.24) is 10.6 Å². The normalized spacial score (nSPS) is 20.3. The fourth-order valence-electron chi connectivity index (χ4n) is 2.70. The maximum atomic E-state index is 5.84. The third-order valence-corrected chi connectivity index (χ3v) is 3.97. The number of nitrogens with one attached hydrogen (secondary N) is 2. The van der Waals surface area contributed by atoms with E-state index in [-0.39, 0.29) is 6.10 Å². The van der Waals surface area contributed by atoms with Gasteiger partial charge in [0.05, 0.1) is 13.7 Å². The second-order valence-electron chi connectivity index (χ2n) is 6.02. The Bertz CT molecular complexity index is 567. The summed E-state index contributed by atoms with van der Waals surface area (Å²) in [6.07, 6.45) is 3.66. The van der Waals surface area contributed by atoms with E-state index < -0.39 is 0 Å². The lowest BCUT2D eigenvalue weighted by molar-refractivity contribution is 0.254. The predicted molar refractivity (Wildman–Crippen MR) is 87.8 cm³/mol. The van der Waals surface area contributed by atoms with E-state index in [2.05, 4.69) is 41.6 Å². The number of guanidine groups is 1. The summed E-state index contributed by atoms with van der Waals surface area (Å²) in [4.78, 5) is 4.68. The maximum Gasteiger partial charge on any atom is 0.191 e. The number of aliphatic imine (C=N–C) groups is 1. The summed E-state index contributed by atoms with van der Waals surface area (Å²) in [5, 5.41) is 6.71. The maximum absolute atomic E-state index is 5.84. The number of fused-ring (bicyclic) bond motifs is 1. The van der Waals surface area contributed by atoms with Gasteiger partial charge in [0, 0.05) is 30.1 Å². The van der Waals surface area contributed by atoms with E-state index in [9.17, 15) is 0 Å². The van der Waals surface area contributed by atoms with Crippen LogP contribution >= 0.6 is 0 Å². The molecule has 1 saturated carbocycles. The van der Waals surface area contributed by atoms with Crippen molar-refractivity contribution < 1.29 is 9.47 Å². The van der Waals surface area contributed by atoms with Crippen LogP contribution in [0.3, 0.4) is 0 Å². The van der Waals surface area contributed by atoms with Gasteiger partial charge in [-0.15, -0.1) is 0 Å². The van der Waals surface area contributed by atoms with Gasteiger partial charge in [-0.2, -0.15) is 0 Å². The smallest absolute Gasteiger partial charge is 0.191 e. The average molecular weight is 303 g/mol. The van der Waals surface area contributed by atoms with E-state index in [1.165, 1.54) is 18.4 Å². The molecule has 1 atom stereocenters. The van der Waals surface area contributed by atoms with Crippen molar-refractivity contribution in [2.45, 2.75) is 51.8 Å². The molecule has 3 rings (SSSR count). The van der Waals surface area contributed by atoms with Gasteiger partial charge in [-0.3, -0.25) is 0 Å². The highest BCUT2D eigenvalue weighted by molar-refractivity contribution is 5.80. The SMILES string of the molecule is CCNC(=NCc1cc2c(cc1OC)CC(C)O2)NC1CC1. The zero-order valence-corrected chi connectivity index (χ0v) is 13.6. The van der Waals surface area contributed by atoms with E-state index in [1.54, 1.807) is 7.11 Å². The summed E-state index contributed by atoms with van der Waals surface area (Å²) >= 11 is 0. The van der Waals surface area contributed by atoms with Gasteiger partial charge in [0.25, 0.3) is 0 Å². The van der Waals surface area contributed by atoms with Gasteiger partial charge in [0.1, 0.15) is 17.6 Å². The topological polar surface area (TPSA) is 54.9 Å². The van der Waals surface area contributed by atoms with Crippen molar-refractivity contribution in [3.8, 4) is 11.5 Å². The van der Waals surface area contributed by atoms with Gasteiger partial charge in [0.2, 0.25) is 0 Å². The molecular weight excluding hydrogens is 278 g/mol. The summed E-state index contributed by atoms with van der Waals surface area (Å²) in [6.45, 7) is 5.61. The zero-order valence-electron chi connectivity index (χ0n) is 13.6. The van der Waals surface area contributed by atoms with Crippen molar-refractivity contribution in [2.75, 3.05) is 13.7 Å². The molecule has 0 saturated heterocycles. The molecule has 5 heteroatoms. The quantitative estimate of drug-likeness (QED) is 0.647. The molecule has 1 aromatic carbocycles. The average Bonchev–Trinajstić information content (AvgIpc) is 3.23. The summed E-state index contributed by atoms with van der Waals surface area (Å²) in [5.41, 5.74) is 2.28. The number of ether oxygens (including phenoxy) is 2. The molecule has 0 spiro atoms. The Morgan fingerprint density at radius 3 is 2.91 bits per heavy atom. The molecule has 0 bridgehead atoms. The van der Waals surface area contributed by atoms with Crippen LogP contribution in [0.1, 0.15) is 37.8 Å². The molecule has 1 aliphatic heterocycles. The van der Waals surface area contributed by atoms with E-state index in [0.717, 1.165) is 36.0 Å². The third kappa shape index (κ3) is 3.46. The minimum atomic E-state index is 0.243. The molecule has 2 N–H and O–H groups in total. The Morgan fingerprint density at radius 1 is 1.41 bits per heavy atom. The Hall–Kier alpha value is -1.91. The molecular formula is C17H25N3O2. The second-order valence-corrected chi connectivity index (χ2v) is 6.02. The van der Waals surface area contributed by atoms with Crippen LogP contribution in [0.15, 0.2) is 17.1 Å². The van der Waals surface area contributed by atoms with Crippen LogP contribution < -0.4 is 20.1 Å². The van der Waals surface area contributed by atoms with Crippen molar-refractivity contribution >= 4 is 5.96 Å². The predicted octanol–water partition coefficient (Wildman–Crippen LogP) is 2.24. The number of hydrogen-bond donors (Lipinski definition) is 2. The largest absolute Gasteiger partial charge is 0.496 e. The zero-order chi connectivity index (χ0) is 15.5. The molecule has 5 nitrogen and oxygen atoms in total. The highest BCUT2D eigenvalue weighted by atomic mass is 16.5. The molecule has 22 heavy (non-hydrogen) atoms. The van der Waals surface area contributed by atoms with Gasteiger partial charge >= 0.3 is 0 Å². The van der Waals surface area contributed by atoms with Crippen molar-refractivity contribution in [3.05, 3.63) is 23.3 Å². The first-order chi connectivity index (χ1) is 10.7. The number of benzene rings is 1. The van der Waals surface area contributed by atoms with E-state index >= 15 is 0 Å². The molecule has 1 fully saturated rings. The fourth-order valence-corrected chi connectivity index (χ4v) is 2.70. The minimum absolute atomic E-state index is 0.243. The Labute approximate surface area is 132 Å². The van der Waals surface area contributed by atoms with E-state index in [0.29, 0.717) is 12.6 Å². The van der Waals surface area contributed by atoms with Gasteiger partial charge in [-0.1, -0.05) is 0 Å². The van der Waals surface area contributed by atoms with Crippen LogP contribution in [0.2, 0.25) is 0 Å². The second kappa shape index (κ2) is 6.46. The minimum Gasteiger partial charge on any atom is -0.496 e. The first-order valence-electron chi connectivity index (χ1n) is 8.11. The lowest BCUT2D eigenvalue weighted by Gasteiger charge is -2.12. The molecule has 120 valence electrons. The molecule has 1 unspecified atom stereocenters. The highest BCUT2D eigenvalue weighted by Gasteiger charge is 2.23. The Morgan fingerprint density at radius 2 is 2.23 bits per heavy atom. The lowest BCUT2D eigenvalue weighted by atomic mass is 10.1. The van der Waals surface area contributed by atoms with Gasteiger partial charge in [-0.25, -0.2) is 4.99 Å². The molecule has 2 aliphatic rings. The van der Waals surface area contributed by atoms with Crippen LogP contribution in [-0.2, 0) is 13.0 Å². The van der Waals surface area contributed by atoms with E-state index in [4.69, 9.17) is 9.47 Å². The lowest BCUT2D eigenvalue weighted by Crippen LogP contribution is -2.38. The molecule has 0 aromatic heterocycles. The summed E-state index contributed by atoms with van der Waals surface area (Å²) < 4.78 is 11.4. The fraction of sp³-hybridized carbons (Fsp3) is 0.588. The standard InChI is InChI=1S/C17H25N3O2/c1-4-18-17(20-14-5-6-14)19-10-13-9-16-12(7-11(2)22-16)8-15(13)21-3/h8-9,11,14H,4-7,10H2,1-3H3,(H2,18,19,20). The van der Waals surface area contributed by atoms with Gasteiger partial charge in [-0.05, 0) is 38.8 Å². The molecule has 1 aliphatic carbocycles. The van der Waals surface area contributed by atoms with Crippen molar-refractivity contribution in [1.29, 1.82) is 0 Å². The first kappa shape index (κ1) is 15.0. The Balaban J connectivity index is 1.76.